The van der Waals surface area contributed by atoms with E-state index in [2.05, 4.69) is 15.5 Å². The van der Waals surface area contributed by atoms with Crippen molar-refractivity contribution in [1.82, 2.24) is 20.4 Å². The van der Waals surface area contributed by atoms with Gasteiger partial charge in [-0.05, 0) is 31.2 Å². The van der Waals surface area contributed by atoms with Gasteiger partial charge < -0.3 is 19.5 Å². The Morgan fingerprint density at radius 3 is 2.70 bits per heavy atom. The minimum Gasteiger partial charge on any atom is -0.378 e. The SMILES string of the molecule is C[C@@H](NC(=O)N1CCOCC1)c1nc(-c2ccc(Cl)cc2)no1. The first-order chi connectivity index (χ1) is 11.1. The molecule has 122 valence electrons. The summed E-state index contributed by atoms with van der Waals surface area (Å²) in [7, 11) is 0. The van der Waals surface area contributed by atoms with Crippen molar-refractivity contribution < 1.29 is 14.1 Å². The molecule has 0 unspecified atom stereocenters. The molecule has 1 aromatic heterocycles. The lowest BCUT2D eigenvalue weighted by molar-refractivity contribution is 0.0523. The van der Waals surface area contributed by atoms with E-state index in [1.54, 1.807) is 24.0 Å². The number of benzene rings is 1. The summed E-state index contributed by atoms with van der Waals surface area (Å²) in [4.78, 5) is 18.2. The molecule has 1 fully saturated rings. The van der Waals surface area contributed by atoms with Crippen molar-refractivity contribution in [3.05, 3.63) is 35.2 Å². The number of hydrogen-bond acceptors (Lipinski definition) is 5. The van der Waals surface area contributed by atoms with Gasteiger partial charge in [0, 0.05) is 23.7 Å². The summed E-state index contributed by atoms with van der Waals surface area (Å²) in [5.74, 6) is 0.820. The molecule has 0 spiro atoms. The van der Waals surface area contributed by atoms with Gasteiger partial charge >= 0.3 is 6.03 Å². The summed E-state index contributed by atoms with van der Waals surface area (Å²) >= 11 is 5.86. The van der Waals surface area contributed by atoms with Crippen molar-refractivity contribution in [2.45, 2.75) is 13.0 Å². The van der Waals surface area contributed by atoms with Crippen molar-refractivity contribution in [3.63, 3.8) is 0 Å². The first-order valence-electron chi connectivity index (χ1n) is 7.36. The van der Waals surface area contributed by atoms with Crippen LogP contribution in [0.25, 0.3) is 11.4 Å². The number of ether oxygens (including phenoxy) is 1. The molecular formula is C15H17ClN4O3. The van der Waals surface area contributed by atoms with E-state index in [0.29, 0.717) is 43.0 Å². The molecule has 2 heterocycles. The van der Waals surface area contributed by atoms with Gasteiger partial charge in [0.2, 0.25) is 11.7 Å². The number of nitrogens with zero attached hydrogens (tertiary/aromatic N) is 3. The zero-order valence-electron chi connectivity index (χ0n) is 12.7. The van der Waals surface area contributed by atoms with Gasteiger partial charge in [-0.15, -0.1) is 0 Å². The average Bonchev–Trinajstić information content (AvgIpc) is 3.06. The highest BCUT2D eigenvalue weighted by atomic mass is 35.5. The number of carbonyl (C=O) groups excluding carboxylic acids is 1. The third-order valence-electron chi connectivity index (χ3n) is 3.55. The van der Waals surface area contributed by atoms with Gasteiger partial charge in [0.15, 0.2) is 0 Å². The van der Waals surface area contributed by atoms with Crippen LogP contribution in [0.15, 0.2) is 28.8 Å². The third-order valence-corrected chi connectivity index (χ3v) is 3.80. The van der Waals surface area contributed by atoms with E-state index in [1.807, 2.05) is 12.1 Å². The lowest BCUT2D eigenvalue weighted by Gasteiger charge is -2.27. The Morgan fingerprint density at radius 2 is 2.00 bits per heavy atom. The maximum atomic E-state index is 12.2. The van der Waals surface area contributed by atoms with Gasteiger partial charge in [0.1, 0.15) is 6.04 Å². The summed E-state index contributed by atoms with van der Waals surface area (Å²) in [6.45, 7) is 4.08. The number of urea groups is 1. The number of aromatic nitrogens is 2. The van der Waals surface area contributed by atoms with Crippen LogP contribution in [0.1, 0.15) is 18.9 Å². The molecule has 2 aromatic rings. The van der Waals surface area contributed by atoms with Gasteiger partial charge in [0.25, 0.3) is 0 Å². The summed E-state index contributed by atoms with van der Waals surface area (Å²) < 4.78 is 10.5. The van der Waals surface area contributed by atoms with Crippen LogP contribution >= 0.6 is 11.6 Å². The van der Waals surface area contributed by atoms with Crippen LogP contribution in [0.3, 0.4) is 0 Å². The Balaban J connectivity index is 1.64. The molecule has 1 aromatic carbocycles. The van der Waals surface area contributed by atoms with E-state index in [9.17, 15) is 4.79 Å². The standard InChI is InChI=1S/C15H17ClN4O3/c1-10(17-15(21)20-6-8-22-9-7-20)14-18-13(19-23-14)11-2-4-12(16)5-3-11/h2-5,10H,6-9H2,1H3,(H,17,21)/t10-/m1/s1. The van der Waals surface area contributed by atoms with Crippen LogP contribution in [0.2, 0.25) is 5.02 Å². The third kappa shape index (κ3) is 3.80. The molecule has 0 aliphatic carbocycles. The van der Waals surface area contributed by atoms with E-state index in [4.69, 9.17) is 20.9 Å². The molecule has 2 amide bonds. The number of carbonyl (C=O) groups is 1. The molecule has 1 aliphatic rings. The van der Waals surface area contributed by atoms with Crippen molar-refractivity contribution in [1.29, 1.82) is 0 Å². The first-order valence-corrected chi connectivity index (χ1v) is 7.74. The molecule has 0 bridgehead atoms. The Bertz CT molecular complexity index is 668. The topological polar surface area (TPSA) is 80.5 Å². The van der Waals surface area contributed by atoms with Crippen molar-refractivity contribution in [3.8, 4) is 11.4 Å². The summed E-state index contributed by atoms with van der Waals surface area (Å²) in [6, 6.07) is 6.61. The smallest absolute Gasteiger partial charge is 0.318 e. The van der Waals surface area contributed by atoms with Crippen LogP contribution in [-0.4, -0.2) is 47.4 Å². The van der Waals surface area contributed by atoms with E-state index in [0.717, 1.165) is 5.56 Å². The van der Waals surface area contributed by atoms with Gasteiger partial charge in [-0.3, -0.25) is 0 Å². The fourth-order valence-electron chi connectivity index (χ4n) is 2.23. The van der Waals surface area contributed by atoms with Gasteiger partial charge in [-0.1, -0.05) is 16.8 Å². The molecular weight excluding hydrogens is 320 g/mol. The number of rotatable bonds is 3. The van der Waals surface area contributed by atoms with E-state index in [1.165, 1.54) is 0 Å². The van der Waals surface area contributed by atoms with E-state index >= 15 is 0 Å². The number of nitrogens with one attached hydrogen (secondary N) is 1. The second-order valence-electron chi connectivity index (χ2n) is 5.23. The normalized spacial score (nSPS) is 16.2. The lowest BCUT2D eigenvalue weighted by Crippen LogP contribution is -2.46. The molecule has 7 nitrogen and oxygen atoms in total. The minimum atomic E-state index is -0.376. The maximum Gasteiger partial charge on any atom is 0.318 e. The number of morpholine rings is 1. The fraction of sp³-hybridized carbons (Fsp3) is 0.400. The number of hydrogen-bond donors (Lipinski definition) is 1. The van der Waals surface area contributed by atoms with Gasteiger partial charge in [-0.2, -0.15) is 4.98 Å². The Kier molecular flexibility index (Phi) is 4.78. The highest BCUT2D eigenvalue weighted by molar-refractivity contribution is 6.30. The van der Waals surface area contributed by atoms with Gasteiger partial charge in [0.05, 0.1) is 13.2 Å². The average molecular weight is 337 g/mol. The Morgan fingerprint density at radius 1 is 1.30 bits per heavy atom. The lowest BCUT2D eigenvalue weighted by atomic mass is 10.2. The molecule has 23 heavy (non-hydrogen) atoms. The quantitative estimate of drug-likeness (QED) is 0.931. The first kappa shape index (κ1) is 15.8. The fourth-order valence-corrected chi connectivity index (χ4v) is 2.36. The molecule has 8 heteroatoms. The van der Waals surface area contributed by atoms with Crippen molar-refractivity contribution in [2.75, 3.05) is 26.3 Å². The zero-order chi connectivity index (χ0) is 16.2. The molecule has 3 rings (SSSR count). The Hall–Kier alpha value is -2.12. The largest absolute Gasteiger partial charge is 0.378 e. The van der Waals surface area contributed by atoms with Crippen LogP contribution in [0, 0.1) is 0 Å². The number of halogens is 1. The predicted octanol–water partition coefficient (Wildman–Crippen LogP) is 2.49. The maximum absolute atomic E-state index is 12.2. The van der Waals surface area contributed by atoms with Crippen LogP contribution in [0.5, 0.6) is 0 Å². The number of amides is 2. The van der Waals surface area contributed by atoms with Crippen LogP contribution in [-0.2, 0) is 4.74 Å². The van der Waals surface area contributed by atoms with E-state index in [-0.39, 0.29) is 12.1 Å². The summed E-state index contributed by atoms with van der Waals surface area (Å²) in [5, 5.41) is 7.44. The summed E-state index contributed by atoms with van der Waals surface area (Å²) in [6.07, 6.45) is 0. The van der Waals surface area contributed by atoms with E-state index < -0.39 is 0 Å². The highest BCUT2D eigenvalue weighted by Crippen LogP contribution is 2.20. The van der Waals surface area contributed by atoms with Crippen LogP contribution in [0.4, 0.5) is 4.79 Å². The van der Waals surface area contributed by atoms with Crippen molar-refractivity contribution >= 4 is 17.6 Å². The molecule has 1 N–H and O–H groups in total. The summed E-state index contributed by atoms with van der Waals surface area (Å²) in [5.41, 5.74) is 0.802. The monoisotopic (exact) mass is 336 g/mol. The second kappa shape index (κ2) is 6.97. The Labute approximate surface area is 138 Å². The minimum absolute atomic E-state index is 0.160. The molecule has 1 aliphatic heterocycles. The van der Waals surface area contributed by atoms with Crippen molar-refractivity contribution in [2.24, 2.45) is 0 Å². The predicted molar refractivity (Wildman–Crippen MR) is 84.1 cm³/mol. The highest BCUT2D eigenvalue weighted by Gasteiger charge is 2.22. The van der Waals surface area contributed by atoms with Gasteiger partial charge in [-0.25, -0.2) is 4.79 Å². The molecule has 1 atom stereocenters. The molecule has 0 saturated carbocycles. The zero-order valence-corrected chi connectivity index (χ0v) is 13.4. The molecule has 0 radical (unpaired) electrons. The van der Waals surface area contributed by atoms with Crippen LogP contribution < -0.4 is 5.32 Å². The second-order valence-corrected chi connectivity index (χ2v) is 5.67. The molecule has 1 saturated heterocycles.